The van der Waals surface area contributed by atoms with E-state index in [-0.39, 0.29) is 24.5 Å². The summed E-state index contributed by atoms with van der Waals surface area (Å²) >= 11 is 10.1. The van der Waals surface area contributed by atoms with Gasteiger partial charge >= 0.3 is 0 Å². The van der Waals surface area contributed by atoms with Gasteiger partial charge in [-0.15, -0.1) is 0 Å². The normalized spacial score (nSPS) is 15.0. The number of anilines is 1. The van der Waals surface area contributed by atoms with Crippen molar-refractivity contribution >= 4 is 67.8 Å². The van der Waals surface area contributed by atoms with Crippen molar-refractivity contribution in [3.05, 3.63) is 57.4 Å². The first kappa shape index (κ1) is 23.3. The number of nitrogens with one attached hydrogen (secondary N) is 1. The second kappa shape index (κ2) is 10.3. The van der Waals surface area contributed by atoms with E-state index in [9.17, 15) is 9.59 Å². The zero-order valence-electron chi connectivity index (χ0n) is 17.2. The second-order valence-corrected chi connectivity index (χ2v) is 9.41. The van der Waals surface area contributed by atoms with Gasteiger partial charge in [-0.2, -0.15) is 0 Å². The molecule has 0 spiro atoms. The van der Waals surface area contributed by atoms with E-state index < -0.39 is 0 Å². The van der Waals surface area contributed by atoms with Gasteiger partial charge in [0.25, 0.3) is 11.8 Å². The molecule has 2 aromatic carbocycles. The van der Waals surface area contributed by atoms with Crippen LogP contribution < -0.4 is 14.8 Å². The molecule has 0 aromatic heterocycles. The van der Waals surface area contributed by atoms with Crippen molar-refractivity contribution in [3.8, 4) is 11.5 Å². The van der Waals surface area contributed by atoms with Crippen molar-refractivity contribution in [1.82, 2.24) is 4.90 Å². The fourth-order valence-corrected chi connectivity index (χ4v) is 4.99. The second-order valence-electron chi connectivity index (χ2n) is 6.88. The minimum absolute atomic E-state index is 0.00233. The number of halogens is 1. The Bertz CT molecular complexity index is 1040. The summed E-state index contributed by atoms with van der Waals surface area (Å²) in [5.41, 5.74) is 1.44. The standard InChI is InChI=1S/C22H21BrN2O4S2/c1-13(2)25-21(27)18(31-22(25)30)11-14-9-16(23)20(17(10-14)28-3)29-12-19(26)24-15-7-5-4-6-8-15/h4-11,13H,12H2,1-3H3,(H,24,26)/b18-11-. The summed E-state index contributed by atoms with van der Waals surface area (Å²) in [4.78, 5) is 27.0. The Hall–Kier alpha value is -2.36. The summed E-state index contributed by atoms with van der Waals surface area (Å²) in [5.74, 6) is 0.435. The molecule has 0 bridgehead atoms. The maximum Gasteiger partial charge on any atom is 0.266 e. The summed E-state index contributed by atoms with van der Waals surface area (Å²) in [5, 5.41) is 2.76. The number of carbonyl (C=O) groups excluding carboxylic acids is 2. The van der Waals surface area contributed by atoms with E-state index in [4.69, 9.17) is 21.7 Å². The molecule has 2 amide bonds. The van der Waals surface area contributed by atoms with E-state index in [0.717, 1.165) is 5.56 Å². The molecule has 162 valence electrons. The lowest BCUT2D eigenvalue weighted by Gasteiger charge is -2.18. The molecular weight excluding hydrogens is 500 g/mol. The number of ether oxygens (including phenoxy) is 2. The molecule has 31 heavy (non-hydrogen) atoms. The molecule has 0 atom stereocenters. The number of hydrogen-bond acceptors (Lipinski definition) is 6. The topological polar surface area (TPSA) is 67.9 Å². The average Bonchev–Trinajstić information content (AvgIpc) is 3.00. The average molecular weight is 521 g/mol. The van der Waals surface area contributed by atoms with E-state index >= 15 is 0 Å². The summed E-state index contributed by atoms with van der Waals surface area (Å²) in [6.45, 7) is 3.66. The van der Waals surface area contributed by atoms with Gasteiger partial charge in [0, 0.05) is 11.7 Å². The molecule has 1 aliphatic heterocycles. The number of para-hydroxylation sites is 1. The van der Waals surface area contributed by atoms with Crippen LogP contribution in [-0.4, -0.2) is 40.8 Å². The number of thioether (sulfide) groups is 1. The Balaban J connectivity index is 1.75. The number of methoxy groups -OCH3 is 1. The Morgan fingerprint density at radius 2 is 2.00 bits per heavy atom. The lowest BCUT2D eigenvalue weighted by Crippen LogP contribution is -2.34. The molecule has 6 nitrogen and oxygen atoms in total. The fraction of sp³-hybridized carbons (Fsp3) is 0.227. The fourth-order valence-electron chi connectivity index (χ4n) is 2.90. The quantitative estimate of drug-likeness (QED) is 0.405. The van der Waals surface area contributed by atoms with Gasteiger partial charge in [-0.1, -0.05) is 42.2 Å². The molecule has 2 aromatic rings. The first-order valence-electron chi connectivity index (χ1n) is 9.42. The SMILES string of the molecule is COc1cc(/C=C2\SC(=S)N(C(C)C)C2=O)cc(Br)c1OCC(=O)Nc1ccccc1. The highest BCUT2D eigenvalue weighted by Crippen LogP contribution is 2.39. The van der Waals surface area contributed by atoms with Gasteiger partial charge in [-0.3, -0.25) is 14.5 Å². The highest BCUT2D eigenvalue weighted by Gasteiger charge is 2.33. The molecule has 1 aliphatic rings. The molecule has 1 heterocycles. The van der Waals surface area contributed by atoms with E-state index in [1.807, 2.05) is 32.0 Å². The number of carbonyl (C=O) groups is 2. The van der Waals surface area contributed by atoms with E-state index in [0.29, 0.717) is 30.9 Å². The van der Waals surface area contributed by atoms with E-state index in [1.54, 1.807) is 35.2 Å². The minimum Gasteiger partial charge on any atom is -0.493 e. The number of benzene rings is 2. The molecule has 0 saturated carbocycles. The maximum absolute atomic E-state index is 12.6. The highest BCUT2D eigenvalue weighted by molar-refractivity contribution is 9.10. The van der Waals surface area contributed by atoms with Gasteiger partial charge in [0.1, 0.15) is 4.32 Å². The lowest BCUT2D eigenvalue weighted by molar-refractivity contribution is -0.123. The highest BCUT2D eigenvalue weighted by atomic mass is 79.9. The maximum atomic E-state index is 12.6. The van der Waals surface area contributed by atoms with Crippen molar-refractivity contribution in [2.24, 2.45) is 0 Å². The zero-order valence-corrected chi connectivity index (χ0v) is 20.4. The van der Waals surface area contributed by atoms with Crippen molar-refractivity contribution in [3.63, 3.8) is 0 Å². The van der Waals surface area contributed by atoms with E-state index in [1.165, 1.54) is 18.9 Å². The van der Waals surface area contributed by atoms with Crippen LogP contribution in [0.4, 0.5) is 5.69 Å². The molecule has 9 heteroatoms. The number of amides is 2. The van der Waals surface area contributed by atoms with Crippen LogP contribution in [0.2, 0.25) is 0 Å². The van der Waals surface area contributed by atoms with Gasteiger partial charge in [0.15, 0.2) is 18.1 Å². The number of hydrogen-bond donors (Lipinski definition) is 1. The summed E-state index contributed by atoms with van der Waals surface area (Å²) in [6.07, 6.45) is 1.76. The molecule has 1 N–H and O–H groups in total. The lowest BCUT2D eigenvalue weighted by atomic mass is 10.1. The van der Waals surface area contributed by atoms with Crippen LogP contribution in [0.25, 0.3) is 6.08 Å². The summed E-state index contributed by atoms with van der Waals surface area (Å²) in [7, 11) is 1.51. The summed E-state index contributed by atoms with van der Waals surface area (Å²) < 4.78 is 12.3. The zero-order chi connectivity index (χ0) is 22.5. The third-order valence-electron chi connectivity index (χ3n) is 4.29. The first-order chi connectivity index (χ1) is 14.8. The first-order valence-corrected chi connectivity index (χ1v) is 11.4. The van der Waals surface area contributed by atoms with Crippen LogP contribution in [0, 0.1) is 0 Å². The molecule has 0 unspecified atom stereocenters. The Kier molecular flexibility index (Phi) is 7.74. The number of thiocarbonyl (C=S) groups is 1. The van der Waals surface area contributed by atoms with Crippen LogP contribution in [0.1, 0.15) is 19.4 Å². The van der Waals surface area contributed by atoms with Gasteiger partial charge in [0.05, 0.1) is 16.5 Å². The molecule has 3 rings (SSSR count). The van der Waals surface area contributed by atoms with Crippen molar-refractivity contribution in [1.29, 1.82) is 0 Å². The predicted octanol–water partition coefficient (Wildman–Crippen LogP) is 5.08. The Labute approximate surface area is 199 Å². The smallest absolute Gasteiger partial charge is 0.266 e. The molecular formula is C22H21BrN2O4S2. The van der Waals surface area contributed by atoms with Gasteiger partial charge in [-0.05, 0) is 65.7 Å². The van der Waals surface area contributed by atoms with Crippen LogP contribution in [0.5, 0.6) is 11.5 Å². The molecule has 0 radical (unpaired) electrons. The van der Waals surface area contributed by atoms with Gasteiger partial charge in [-0.25, -0.2) is 0 Å². The third kappa shape index (κ3) is 5.66. The monoisotopic (exact) mass is 520 g/mol. The summed E-state index contributed by atoms with van der Waals surface area (Å²) in [6, 6.07) is 12.7. The van der Waals surface area contributed by atoms with Gasteiger partial charge < -0.3 is 14.8 Å². The van der Waals surface area contributed by atoms with Crippen molar-refractivity contribution < 1.29 is 19.1 Å². The van der Waals surface area contributed by atoms with Crippen LogP contribution >= 0.6 is 39.9 Å². The van der Waals surface area contributed by atoms with Gasteiger partial charge in [0.2, 0.25) is 0 Å². The van der Waals surface area contributed by atoms with Crippen LogP contribution in [-0.2, 0) is 9.59 Å². The predicted molar refractivity (Wildman–Crippen MR) is 131 cm³/mol. The Morgan fingerprint density at radius 3 is 2.61 bits per heavy atom. The number of rotatable bonds is 7. The Morgan fingerprint density at radius 1 is 1.29 bits per heavy atom. The van der Waals surface area contributed by atoms with E-state index in [2.05, 4.69) is 21.2 Å². The van der Waals surface area contributed by atoms with Crippen LogP contribution in [0.15, 0.2) is 51.8 Å². The van der Waals surface area contributed by atoms with Crippen molar-refractivity contribution in [2.45, 2.75) is 19.9 Å². The van der Waals surface area contributed by atoms with Crippen molar-refractivity contribution in [2.75, 3.05) is 19.0 Å². The largest absolute Gasteiger partial charge is 0.493 e. The van der Waals surface area contributed by atoms with Crippen LogP contribution in [0.3, 0.4) is 0 Å². The number of nitrogens with zero attached hydrogens (tertiary/aromatic N) is 1. The molecule has 1 saturated heterocycles. The molecule has 1 fully saturated rings. The minimum atomic E-state index is -0.290. The third-order valence-corrected chi connectivity index (χ3v) is 6.21. The molecule has 0 aliphatic carbocycles.